The molecular weight excluding hydrogens is 375 g/mol. The fourth-order valence-corrected chi connectivity index (χ4v) is 2.99. The van der Waals surface area contributed by atoms with Crippen LogP contribution >= 0.6 is 34.8 Å². The van der Waals surface area contributed by atoms with Crippen molar-refractivity contribution < 1.29 is 4.79 Å². The predicted octanol–water partition coefficient (Wildman–Crippen LogP) is 7.21. The molecule has 0 atom stereocenters. The van der Waals surface area contributed by atoms with E-state index in [0.29, 0.717) is 20.6 Å². The monoisotopic (exact) mass is 386 g/mol. The van der Waals surface area contributed by atoms with Crippen molar-refractivity contribution in [2.24, 2.45) is 0 Å². The molecule has 0 heterocycles. The number of allylic oxidation sites excluding steroid dienone is 1. The van der Waals surface area contributed by atoms with E-state index in [0.717, 1.165) is 16.7 Å². The Morgan fingerprint density at radius 3 is 2.20 bits per heavy atom. The van der Waals surface area contributed by atoms with Gasteiger partial charge in [-0.15, -0.1) is 0 Å². The lowest BCUT2D eigenvalue weighted by Gasteiger charge is -2.04. The Bertz CT molecular complexity index is 944. The minimum Gasteiger partial charge on any atom is -0.289 e. The summed E-state index contributed by atoms with van der Waals surface area (Å²) in [5.74, 6) is -0.0955. The maximum absolute atomic E-state index is 12.5. The average molecular weight is 388 g/mol. The molecule has 0 N–H and O–H groups in total. The molecule has 3 aromatic carbocycles. The number of halogens is 3. The predicted molar refractivity (Wildman–Crippen MR) is 107 cm³/mol. The van der Waals surface area contributed by atoms with Gasteiger partial charge >= 0.3 is 0 Å². The highest BCUT2D eigenvalue weighted by molar-refractivity contribution is 6.35. The highest BCUT2D eigenvalue weighted by Gasteiger charge is 2.05. The number of carbonyl (C=O) groups excluding carboxylic acids is 1. The van der Waals surface area contributed by atoms with Gasteiger partial charge in [0.25, 0.3) is 0 Å². The van der Waals surface area contributed by atoms with Crippen molar-refractivity contribution in [2.45, 2.75) is 0 Å². The van der Waals surface area contributed by atoms with Gasteiger partial charge in [-0.3, -0.25) is 4.79 Å². The molecule has 3 rings (SSSR count). The maximum Gasteiger partial charge on any atom is 0.185 e. The van der Waals surface area contributed by atoms with Crippen LogP contribution in [0.2, 0.25) is 15.1 Å². The summed E-state index contributed by atoms with van der Waals surface area (Å²) in [5.41, 5.74) is 3.31. The lowest BCUT2D eigenvalue weighted by atomic mass is 10.0. The zero-order valence-corrected chi connectivity index (χ0v) is 15.3. The molecule has 0 amide bonds. The van der Waals surface area contributed by atoms with E-state index >= 15 is 0 Å². The van der Waals surface area contributed by atoms with Crippen LogP contribution in [-0.2, 0) is 0 Å². The molecule has 0 aliphatic heterocycles. The Morgan fingerprint density at radius 2 is 1.48 bits per heavy atom. The van der Waals surface area contributed by atoms with E-state index in [1.165, 1.54) is 6.08 Å². The van der Waals surface area contributed by atoms with Crippen molar-refractivity contribution in [2.75, 3.05) is 0 Å². The third kappa shape index (κ3) is 4.52. The van der Waals surface area contributed by atoms with Gasteiger partial charge in [0.15, 0.2) is 5.78 Å². The van der Waals surface area contributed by atoms with Crippen LogP contribution < -0.4 is 0 Å². The Balaban J connectivity index is 1.84. The number of ketones is 1. The van der Waals surface area contributed by atoms with Crippen LogP contribution in [0.3, 0.4) is 0 Å². The first-order valence-corrected chi connectivity index (χ1v) is 8.70. The molecule has 0 bridgehead atoms. The van der Waals surface area contributed by atoms with Gasteiger partial charge in [-0.2, -0.15) is 0 Å². The molecule has 0 fully saturated rings. The van der Waals surface area contributed by atoms with Gasteiger partial charge in [0.2, 0.25) is 0 Å². The average Bonchev–Trinajstić information content (AvgIpc) is 2.61. The van der Waals surface area contributed by atoms with Crippen molar-refractivity contribution in [1.82, 2.24) is 0 Å². The molecule has 0 unspecified atom stereocenters. The summed E-state index contributed by atoms with van der Waals surface area (Å²) in [6.45, 7) is 0. The van der Waals surface area contributed by atoms with E-state index in [-0.39, 0.29) is 5.78 Å². The molecule has 1 nitrogen and oxygen atoms in total. The third-order valence-corrected chi connectivity index (χ3v) is 4.52. The van der Waals surface area contributed by atoms with E-state index in [4.69, 9.17) is 34.8 Å². The number of hydrogen-bond acceptors (Lipinski definition) is 1. The highest BCUT2D eigenvalue weighted by atomic mass is 35.5. The van der Waals surface area contributed by atoms with Crippen molar-refractivity contribution in [3.05, 3.63) is 99.0 Å². The van der Waals surface area contributed by atoms with Crippen LogP contribution in [0.4, 0.5) is 0 Å². The van der Waals surface area contributed by atoms with Gasteiger partial charge in [-0.25, -0.2) is 0 Å². The summed E-state index contributed by atoms with van der Waals surface area (Å²) in [7, 11) is 0. The quantitative estimate of drug-likeness (QED) is 0.341. The first-order valence-electron chi connectivity index (χ1n) is 7.56. The summed E-state index contributed by atoms with van der Waals surface area (Å²) in [5, 5.41) is 1.74. The summed E-state index contributed by atoms with van der Waals surface area (Å²) in [6, 6.07) is 20.1. The molecule has 0 aliphatic carbocycles. The van der Waals surface area contributed by atoms with Crippen molar-refractivity contribution in [1.29, 1.82) is 0 Å². The van der Waals surface area contributed by atoms with Crippen LogP contribution in [0.15, 0.2) is 72.8 Å². The van der Waals surface area contributed by atoms with Gasteiger partial charge in [0.05, 0.1) is 0 Å². The molecule has 0 saturated heterocycles. The van der Waals surface area contributed by atoms with Crippen LogP contribution in [-0.4, -0.2) is 5.78 Å². The van der Waals surface area contributed by atoms with E-state index in [1.807, 2.05) is 42.5 Å². The van der Waals surface area contributed by atoms with Crippen molar-refractivity contribution >= 4 is 46.7 Å². The van der Waals surface area contributed by atoms with Crippen LogP contribution in [0.5, 0.6) is 0 Å². The van der Waals surface area contributed by atoms with Gasteiger partial charge in [-0.1, -0.05) is 71.2 Å². The first kappa shape index (κ1) is 17.8. The normalized spacial score (nSPS) is 11.0. The second kappa shape index (κ2) is 7.88. The standard InChI is InChI=1S/C21H13Cl3O/c22-18-8-4-14(5-9-18)16-2-1-3-17(12-16)21(25)11-7-15-6-10-19(23)13-20(15)24/h1-13H/b11-7+. The maximum atomic E-state index is 12.5. The van der Waals surface area contributed by atoms with Gasteiger partial charge in [0.1, 0.15) is 0 Å². The Hall–Kier alpha value is -2.06. The van der Waals surface area contributed by atoms with E-state index < -0.39 is 0 Å². The van der Waals surface area contributed by atoms with Gasteiger partial charge in [0, 0.05) is 20.6 Å². The third-order valence-electron chi connectivity index (χ3n) is 3.70. The number of carbonyl (C=O) groups is 1. The molecule has 0 aromatic heterocycles. The zero-order valence-electron chi connectivity index (χ0n) is 13.0. The summed E-state index contributed by atoms with van der Waals surface area (Å²) < 4.78 is 0. The Labute approximate surface area is 161 Å². The van der Waals surface area contributed by atoms with E-state index in [1.54, 1.807) is 30.3 Å². The second-order valence-electron chi connectivity index (χ2n) is 5.45. The zero-order chi connectivity index (χ0) is 17.8. The lowest BCUT2D eigenvalue weighted by Crippen LogP contribution is -1.94. The topological polar surface area (TPSA) is 17.1 Å². The minimum absolute atomic E-state index is 0.0955. The molecule has 124 valence electrons. The summed E-state index contributed by atoms with van der Waals surface area (Å²) in [4.78, 5) is 12.5. The number of benzene rings is 3. The molecule has 0 aliphatic rings. The van der Waals surface area contributed by atoms with Gasteiger partial charge < -0.3 is 0 Å². The minimum atomic E-state index is -0.0955. The summed E-state index contributed by atoms with van der Waals surface area (Å²) >= 11 is 17.9. The van der Waals surface area contributed by atoms with Crippen LogP contribution in [0.1, 0.15) is 15.9 Å². The molecular formula is C21H13Cl3O. The smallest absolute Gasteiger partial charge is 0.185 e. The molecule has 0 saturated carbocycles. The largest absolute Gasteiger partial charge is 0.289 e. The van der Waals surface area contributed by atoms with E-state index in [9.17, 15) is 4.79 Å². The highest BCUT2D eigenvalue weighted by Crippen LogP contribution is 2.24. The number of hydrogen-bond donors (Lipinski definition) is 0. The molecule has 0 radical (unpaired) electrons. The van der Waals surface area contributed by atoms with Crippen LogP contribution in [0.25, 0.3) is 17.2 Å². The molecule has 4 heteroatoms. The van der Waals surface area contributed by atoms with Crippen LogP contribution in [0, 0.1) is 0 Å². The fourth-order valence-electron chi connectivity index (χ4n) is 2.39. The Morgan fingerprint density at radius 1 is 0.760 bits per heavy atom. The lowest BCUT2D eigenvalue weighted by molar-refractivity contribution is 0.104. The van der Waals surface area contributed by atoms with Crippen molar-refractivity contribution in [3.8, 4) is 11.1 Å². The number of rotatable bonds is 4. The van der Waals surface area contributed by atoms with Gasteiger partial charge in [-0.05, 0) is 59.2 Å². The van der Waals surface area contributed by atoms with Crippen molar-refractivity contribution in [3.63, 3.8) is 0 Å². The second-order valence-corrected chi connectivity index (χ2v) is 6.73. The molecule has 25 heavy (non-hydrogen) atoms. The molecule has 0 spiro atoms. The fraction of sp³-hybridized carbons (Fsp3) is 0. The first-order chi connectivity index (χ1) is 12.0. The molecule has 3 aromatic rings. The SMILES string of the molecule is O=C(/C=C/c1ccc(Cl)cc1Cl)c1cccc(-c2ccc(Cl)cc2)c1. The Kier molecular flexibility index (Phi) is 5.60. The summed E-state index contributed by atoms with van der Waals surface area (Å²) in [6.07, 6.45) is 3.20. The van der Waals surface area contributed by atoms with E-state index in [2.05, 4.69) is 0 Å².